The third kappa shape index (κ3) is 4.68. The van der Waals surface area contributed by atoms with Crippen LogP contribution in [0.3, 0.4) is 0 Å². The lowest BCUT2D eigenvalue weighted by Gasteiger charge is -2.32. The molecule has 1 atom stereocenters. The van der Waals surface area contributed by atoms with Crippen LogP contribution in [-0.2, 0) is 20.5 Å². The van der Waals surface area contributed by atoms with E-state index in [-0.39, 0.29) is 23.6 Å². The lowest BCUT2D eigenvalue weighted by atomic mass is 9.96. The molecular weight excluding hydrogens is 459 g/mol. The molecule has 0 fully saturated rings. The molecule has 3 amide bonds. The van der Waals surface area contributed by atoms with Crippen LogP contribution in [0.15, 0.2) is 64.7 Å². The summed E-state index contributed by atoms with van der Waals surface area (Å²) in [5.74, 6) is -1.23. The van der Waals surface area contributed by atoms with Crippen LogP contribution < -0.4 is 10.6 Å². The average molecular weight is 477 g/mol. The quantitative estimate of drug-likeness (QED) is 0.503. The molecule has 172 valence electrons. The van der Waals surface area contributed by atoms with Gasteiger partial charge in [0.2, 0.25) is 5.91 Å². The Bertz CT molecular complexity index is 1130. The zero-order chi connectivity index (χ0) is 23.8. The maximum atomic E-state index is 12.8. The first kappa shape index (κ1) is 22.7. The summed E-state index contributed by atoms with van der Waals surface area (Å²) in [4.78, 5) is 39.8. The van der Waals surface area contributed by atoms with Crippen molar-refractivity contribution in [1.29, 1.82) is 0 Å². The van der Waals surface area contributed by atoms with E-state index in [4.69, 9.17) is 4.74 Å². The number of nitrogens with zero attached hydrogens (tertiary/aromatic N) is 1. The van der Waals surface area contributed by atoms with Crippen LogP contribution in [-0.4, -0.2) is 42.2 Å². The molecule has 33 heavy (non-hydrogen) atoms. The van der Waals surface area contributed by atoms with E-state index in [0.29, 0.717) is 5.56 Å². The van der Waals surface area contributed by atoms with Gasteiger partial charge >= 0.3 is 18.2 Å². The van der Waals surface area contributed by atoms with Crippen LogP contribution in [0.1, 0.15) is 17.2 Å². The van der Waals surface area contributed by atoms with Crippen LogP contribution >= 0.6 is 11.8 Å². The summed E-state index contributed by atoms with van der Waals surface area (Å²) in [5.41, 5.74) is 0.523. The number of benzene rings is 2. The Hall–Kier alpha value is -3.47. The number of amides is 3. The van der Waals surface area contributed by atoms with E-state index in [1.165, 1.54) is 0 Å². The summed E-state index contributed by atoms with van der Waals surface area (Å²) in [7, 11) is 0. The van der Waals surface area contributed by atoms with Gasteiger partial charge in [-0.2, -0.15) is 13.2 Å². The number of anilines is 1. The highest BCUT2D eigenvalue weighted by atomic mass is 32.2. The molecule has 2 aliphatic rings. The molecule has 7 nitrogen and oxygen atoms in total. The van der Waals surface area contributed by atoms with Crippen molar-refractivity contribution in [2.75, 3.05) is 24.7 Å². The summed E-state index contributed by atoms with van der Waals surface area (Å²) < 4.78 is 43.2. The number of halogens is 3. The average Bonchev–Trinajstić information content (AvgIpc) is 3.17. The fourth-order valence-corrected chi connectivity index (χ4v) is 4.02. The molecule has 2 N–H and O–H groups in total. The molecule has 0 saturated carbocycles. The highest BCUT2D eigenvalue weighted by Gasteiger charge is 2.42. The highest BCUT2D eigenvalue weighted by molar-refractivity contribution is 7.98. The molecule has 0 radical (unpaired) electrons. The standard InChI is InChI=1S/C22H18F3N3O4S/c1-33-15-8-2-12(3-9-15)19-18-16(11-32-20(18)30)28(21(31)27-19)10-17(29)26-14-6-4-13(5-7-14)22(23,24)25/h2-9,19H,10-11H2,1H3,(H,26,29)(H,27,31)/t19-/m0/s1. The van der Waals surface area contributed by atoms with E-state index < -0.39 is 42.2 Å². The number of nitrogens with one attached hydrogen (secondary N) is 2. The molecule has 2 heterocycles. The van der Waals surface area contributed by atoms with Crippen molar-refractivity contribution in [3.63, 3.8) is 0 Å². The summed E-state index contributed by atoms with van der Waals surface area (Å²) in [6.45, 7) is -0.602. The first-order valence-corrected chi connectivity index (χ1v) is 11.0. The number of thioether (sulfide) groups is 1. The second kappa shape index (κ2) is 8.81. The van der Waals surface area contributed by atoms with Crippen molar-refractivity contribution in [1.82, 2.24) is 10.2 Å². The van der Waals surface area contributed by atoms with Gasteiger partial charge in [-0.3, -0.25) is 9.69 Å². The Morgan fingerprint density at radius 3 is 2.42 bits per heavy atom. The van der Waals surface area contributed by atoms with Gasteiger partial charge in [0.25, 0.3) is 0 Å². The van der Waals surface area contributed by atoms with Gasteiger partial charge in [-0.15, -0.1) is 11.8 Å². The van der Waals surface area contributed by atoms with E-state index in [0.717, 1.165) is 34.1 Å². The molecule has 2 aromatic rings. The summed E-state index contributed by atoms with van der Waals surface area (Å²) >= 11 is 1.56. The van der Waals surface area contributed by atoms with Crippen molar-refractivity contribution in [2.24, 2.45) is 0 Å². The number of hydrogen-bond donors (Lipinski definition) is 2. The minimum absolute atomic E-state index is 0.144. The summed E-state index contributed by atoms with van der Waals surface area (Å²) in [6.07, 6.45) is -2.56. The zero-order valence-electron chi connectivity index (χ0n) is 17.2. The number of carbonyl (C=O) groups is 3. The SMILES string of the molecule is CSc1ccc([C@@H]2NC(=O)N(CC(=O)Nc3ccc(C(F)(F)F)cc3)C3=C2C(=O)OC3)cc1. The maximum absolute atomic E-state index is 12.8. The topological polar surface area (TPSA) is 87.7 Å². The van der Waals surface area contributed by atoms with Gasteiger partial charge in [-0.1, -0.05) is 12.1 Å². The second-order valence-electron chi connectivity index (χ2n) is 7.30. The Morgan fingerprint density at radius 2 is 1.82 bits per heavy atom. The molecule has 0 spiro atoms. The molecule has 0 aliphatic carbocycles. The fraction of sp³-hybridized carbons (Fsp3) is 0.227. The fourth-order valence-electron chi connectivity index (χ4n) is 3.61. The third-order valence-corrected chi connectivity index (χ3v) is 5.99. The van der Waals surface area contributed by atoms with E-state index in [9.17, 15) is 27.6 Å². The molecule has 4 rings (SSSR count). The van der Waals surface area contributed by atoms with Gasteiger partial charge in [-0.05, 0) is 48.2 Å². The highest BCUT2D eigenvalue weighted by Crippen LogP contribution is 2.35. The lowest BCUT2D eigenvalue weighted by molar-refractivity contribution is -0.138. The number of hydrogen-bond acceptors (Lipinski definition) is 5. The van der Waals surface area contributed by atoms with Crippen LogP contribution in [0, 0.1) is 0 Å². The first-order chi connectivity index (χ1) is 15.7. The second-order valence-corrected chi connectivity index (χ2v) is 8.18. The monoisotopic (exact) mass is 477 g/mol. The van der Waals surface area contributed by atoms with Crippen LogP contribution in [0.2, 0.25) is 0 Å². The molecule has 11 heteroatoms. The van der Waals surface area contributed by atoms with Crippen molar-refractivity contribution in [3.05, 3.63) is 70.9 Å². The van der Waals surface area contributed by atoms with Gasteiger partial charge < -0.3 is 15.4 Å². The lowest BCUT2D eigenvalue weighted by Crippen LogP contribution is -2.49. The molecule has 0 bridgehead atoms. The van der Waals surface area contributed by atoms with Crippen molar-refractivity contribution in [2.45, 2.75) is 17.1 Å². The summed E-state index contributed by atoms with van der Waals surface area (Å²) in [6, 6.07) is 9.99. The number of urea groups is 1. The van der Waals surface area contributed by atoms with E-state index in [1.807, 2.05) is 18.4 Å². The Kier molecular flexibility index (Phi) is 6.07. The number of ether oxygens (including phenoxy) is 1. The van der Waals surface area contributed by atoms with Gasteiger partial charge in [0.15, 0.2) is 0 Å². The number of alkyl halides is 3. The molecule has 0 saturated heterocycles. The third-order valence-electron chi connectivity index (χ3n) is 5.25. The molecule has 0 unspecified atom stereocenters. The largest absolute Gasteiger partial charge is 0.456 e. The van der Waals surface area contributed by atoms with Crippen molar-refractivity contribution in [3.8, 4) is 0 Å². The Balaban J connectivity index is 1.52. The van der Waals surface area contributed by atoms with E-state index >= 15 is 0 Å². The van der Waals surface area contributed by atoms with Crippen molar-refractivity contribution < 1.29 is 32.3 Å². The predicted octanol–water partition coefficient (Wildman–Crippen LogP) is 3.94. The van der Waals surface area contributed by atoms with E-state index in [2.05, 4.69) is 10.6 Å². The van der Waals surface area contributed by atoms with Crippen LogP contribution in [0.4, 0.5) is 23.7 Å². The first-order valence-electron chi connectivity index (χ1n) is 9.76. The van der Waals surface area contributed by atoms with Gasteiger partial charge in [0.05, 0.1) is 22.9 Å². The number of esters is 1. The molecule has 0 aromatic heterocycles. The smallest absolute Gasteiger partial charge is 0.416 e. The minimum atomic E-state index is -4.49. The number of cyclic esters (lactones) is 1. The van der Waals surface area contributed by atoms with Gasteiger partial charge in [0, 0.05) is 10.6 Å². The molecule has 2 aromatic carbocycles. The van der Waals surface area contributed by atoms with Crippen LogP contribution in [0.5, 0.6) is 0 Å². The van der Waals surface area contributed by atoms with Crippen LogP contribution in [0.25, 0.3) is 0 Å². The number of rotatable bonds is 5. The summed E-state index contributed by atoms with van der Waals surface area (Å²) in [5, 5.41) is 5.19. The van der Waals surface area contributed by atoms with Gasteiger partial charge in [0.1, 0.15) is 13.2 Å². The minimum Gasteiger partial charge on any atom is -0.456 e. The Labute approximate surface area is 191 Å². The van der Waals surface area contributed by atoms with Gasteiger partial charge in [-0.25, -0.2) is 9.59 Å². The maximum Gasteiger partial charge on any atom is 0.416 e. The zero-order valence-corrected chi connectivity index (χ0v) is 18.0. The van der Waals surface area contributed by atoms with E-state index in [1.54, 1.807) is 23.9 Å². The molecule has 2 aliphatic heterocycles. The molecular formula is C22H18F3N3O4S. The normalized spacial score (nSPS) is 18.1. The number of carbonyl (C=O) groups excluding carboxylic acids is 3. The van der Waals surface area contributed by atoms with Crippen molar-refractivity contribution >= 4 is 35.4 Å². The predicted molar refractivity (Wildman–Crippen MR) is 114 cm³/mol. The Morgan fingerprint density at radius 1 is 1.15 bits per heavy atom.